The summed E-state index contributed by atoms with van der Waals surface area (Å²) in [4.78, 5) is 24.9. The molecule has 0 bridgehead atoms. The first-order chi connectivity index (χ1) is 16.3. The number of aromatic nitrogens is 4. The standard InChI is InChI=1S/C19H12Cl2F2N6O2S3/c20-11-5-9(1-3-13(11)22)24-15(30)7-32-17-26-27-18-29(17)28-19(34-18)33-8-16(31)25-10-2-4-14(23)12(21)6-10/h1-6H,7-8H2,(H,24,30)(H,25,31). The van der Waals surface area contributed by atoms with E-state index < -0.39 is 11.6 Å². The second-order valence-electron chi connectivity index (χ2n) is 6.48. The second kappa shape index (κ2) is 10.9. The Morgan fingerprint density at radius 1 is 0.912 bits per heavy atom. The average molecular weight is 561 g/mol. The Labute approximate surface area is 213 Å². The number of halogens is 4. The summed E-state index contributed by atoms with van der Waals surface area (Å²) in [5.41, 5.74) is 0.756. The van der Waals surface area contributed by atoms with E-state index in [1.165, 1.54) is 57.9 Å². The number of rotatable bonds is 8. The van der Waals surface area contributed by atoms with Crippen molar-refractivity contribution >= 4 is 86.2 Å². The molecule has 2 aromatic heterocycles. The minimum Gasteiger partial charge on any atom is -0.325 e. The summed E-state index contributed by atoms with van der Waals surface area (Å²) in [5, 5.41) is 17.9. The Hall–Kier alpha value is -2.45. The minimum atomic E-state index is -0.575. The van der Waals surface area contributed by atoms with Gasteiger partial charge in [-0.3, -0.25) is 9.59 Å². The molecule has 176 valence electrons. The van der Waals surface area contributed by atoms with Gasteiger partial charge in [0.25, 0.3) is 0 Å². The third-order valence-corrected chi connectivity index (χ3v) is 7.54. The molecule has 4 rings (SSSR count). The maximum absolute atomic E-state index is 13.2. The van der Waals surface area contributed by atoms with Crippen LogP contribution in [0.3, 0.4) is 0 Å². The molecule has 0 saturated carbocycles. The van der Waals surface area contributed by atoms with Crippen LogP contribution in [0.2, 0.25) is 10.0 Å². The van der Waals surface area contributed by atoms with Crippen LogP contribution in [-0.4, -0.2) is 43.1 Å². The summed E-state index contributed by atoms with van der Waals surface area (Å²) >= 11 is 15.0. The van der Waals surface area contributed by atoms with E-state index in [0.29, 0.717) is 25.8 Å². The van der Waals surface area contributed by atoms with Crippen molar-refractivity contribution in [2.24, 2.45) is 0 Å². The van der Waals surface area contributed by atoms with Gasteiger partial charge < -0.3 is 10.6 Å². The van der Waals surface area contributed by atoms with Crippen LogP contribution in [0.4, 0.5) is 20.2 Å². The monoisotopic (exact) mass is 560 g/mol. The average Bonchev–Trinajstić information content (AvgIpc) is 3.37. The molecule has 4 aromatic rings. The van der Waals surface area contributed by atoms with Gasteiger partial charge in [0.05, 0.1) is 21.6 Å². The molecule has 0 fully saturated rings. The molecule has 0 aliphatic heterocycles. The SMILES string of the molecule is O=C(CSc1nn2c(SCC(=O)Nc3ccc(F)c(Cl)c3)nnc2s1)Nc1ccc(F)c(Cl)c1. The van der Waals surface area contributed by atoms with Gasteiger partial charge in [0, 0.05) is 11.4 Å². The van der Waals surface area contributed by atoms with Crippen LogP contribution in [0.15, 0.2) is 45.9 Å². The zero-order valence-corrected chi connectivity index (χ0v) is 20.7. The molecule has 2 heterocycles. The van der Waals surface area contributed by atoms with Gasteiger partial charge in [0.15, 0.2) is 4.34 Å². The van der Waals surface area contributed by atoms with E-state index in [1.807, 2.05) is 0 Å². The number of fused-ring (bicyclic) bond motifs is 1. The number of thioether (sulfide) groups is 2. The first-order valence-electron chi connectivity index (χ1n) is 9.26. The number of nitrogens with one attached hydrogen (secondary N) is 2. The summed E-state index contributed by atoms with van der Waals surface area (Å²) in [5.74, 6) is -1.73. The molecular weight excluding hydrogens is 549 g/mol. The number of carbonyl (C=O) groups excluding carboxylic acids is 2. The smallest absolute Gasteiger partial charge is 0.236 e. The van der Waals surface area contributed by atoms with Crippen LogP contribution < -0.4 is 10.6 Å². The van der Waals surface area contributed by atoms with Gasteiger partial charge in [0.2, 0.25) is 21.9 Å². The zero-order chi connectivity index (χ0) is 24.2. The van der Waals surface area contributed by atoms with Crippen LogP contribution in [0.5, 0.6) is 0 Å². The van der Waals surface area contributed by atoms with Crippen LogP contribution in [-0.2, 0) is 9.59 Å². The highest BCUT2D eigenvalue weighted by molar-refractivity contribution is 8.01. The molecule has 15 heteroatoms. The van der Waals surface area contributed by atoms with Gasteiger partial charge in [-0.1, -0.05) is 58.1 Å². The minimum absolute atomic E-state index is 0.0123. The molecule has 2 aromatic carbocycles. The third-order valence-electron chi connectivity index (χ3n) is 4.01. The number of amides is 2. The number of anilines is 2. The lowest BCUT2D eigenvalue weighted by atomic mass is 10.3. The molecule has 2 amide bonds. The number of benzene rings is 2. The molecule has 0 aliphatic rings. The third kappa shape index (κ3) is 6.16. The highest BCUT2D eigenvalue weighted by Gasteiger charge is 2.16. The summed E-state index contributed by atoms with van der Waals surface area (Å²) in [6.45, 7) is 0. The van der Waals surface area contributed by atoms with Crippen molar-refractivity contribution in [1.82, 2.24) is 19.8 Å². The van der Waals surface area contributed by atoms with Crippen molar-refractivity contribution in [1.29, 1.82) is 0 Å². The Kier molecular flexibility index (Phi) is 7.88. The zero-order valence-electron chi connectivity index (χ0n) is 16.7. The first-order valence-corrected chi connectivity index (χ1v) is 12.8. The largest absolute Gasteiger partial charge is 0.325 e. The summed E-state index contributed by atoms with van der Waals surface area (Å²) < 4.78 is 28.5. The van der Waals surface area contributed by atoms with E-state index in [2.05, 4.69) is 25.9 Å². The van der Waals surface area contributed by atoms with Crippen LogP contribution in [0, 0.1) is 11.6 Å². The van der Waals surface area contributed by atoms with Gasteiger partial charge in [-0.15, -0.1) is 15.3 Å². The molecule has 0 aliphatic carbocycles. The highest BCUT2D eigenvalue weighted by atomic mass is 35.5. The van der Waals surface area contributed by atoms with E-state index in [-0.39, 0.29) is 33.4 Å². The lowest BCUT2D eigenvalue weighted by Crippen LogP contribution is -2.14. The van der Waals surface area contributed by atoms with Gasteiger partial charge >= 0.3 is 0 Å². The van der Waals surface area contributed by atoms with Gasteiger partial charge in [-0.25, -0.2) is 8.78 Å². The molecule has 0 unspecified atom stereocenters. The Morgan fingerprint density at radius 2 is 1.47 bits per heavy atom. The predicted octanol–water partition coefficient (Wildman–Crippen LogP) is 5.23. The Morgan fingerprint density at radius 3 is 2.03 bits per heavy atom. The van der Waals surface area contributed by atoms with Crippen molar-refractivity contribution in [2.75, 3.05) is 22.1 Å². The van der Waals surface area contributed by atoms with Gasteiger partial charge in [0.1, 0.15) is 11.6 Å². The lowest BCUT2D eigenvalue weighted by molar-refractivity contribution is -0.114. The Balaban J connectivity index is 1.31. The maximum atomic E-state index is 13.2. The molecular formula is C19H12Cl2F2N6O2S3. The van der Waals surface area contributed by atoms with Crippen LogP contribution >= 0.6 is 58.1 Å². The first kappa shape index (κ1) is 24.7. The summed E-state index contributed by atoms with van der Waals surface area (Å²) in [6, 6.07) is 7.80. The van der Waals surface area contributed by atoms with Crippen LogP contribution in [0.1, 0.15) is 0 Å². The van der Waals surface area contributed by atoms with Crippen molar-refractivity contribution in [3.05, 3.63) is 58.1 Å². The van der Waals surface area contributed by atoms with E-state index >= 15 is 0 Å². The fourth-order valence-corrected chi connectivity index (χ4v) is 5.30. The molecule has 8 nitrogen and oxygen atoms in total. The Bertz CT molecular complexity index is 1380. The molecule has 0 spiro atoms. The highest BCUT2D eigenvalue weighted by Crippen LogP contribution is 2.28. The number of hydrogen-bond donors (Lipinski definition) is 2. The molecule has 2 N–H and O–H groups in total. The van der Waals surface area contributed by atoms with Crippen molar-refractivity contribution in [3.63, 3.8) is 0 Å². The quantitative estimate of drug-likeness (QED) is 0.284. The fraction of sp³-hybridized carbons (Fsp3) is 0.105. The number of nitrogens with zero attached hydrogens (tertiary/aromatic N) is 4. The molecule has 0 atom stereocenters. The van der Waals surface area contributed by atoms with Crippen molar-refractivity contribution in [2.45, 2.75) is 9.50 Å². The topological polar surface area (TPSA) is 101 Å². The maximum Gasteiger partial charge on any atom is 0.236 e. The van der Waals surface area contributed by atoms with E-state index in [4.69, 9.17) is 23.2 Å². The molecule has 34 heavy (non-hydrogen) atoms. The number of carbonyl (C=O) groups is 2. The molecule has 0 saturated heterocycles. The normalized spacial score (nSPS) is 11.1. The van der Waals surface area contributed by atoms with Crippen molar-refractivity contribution in [3.8, 4) is 0 Å². The molecule has 0 radical (unpaired) electrons. The van der Waals surface area contributed by atoms with E-state index in [9.17, 15) is 18.4 Å². The summed E-state index contributed by atoms with van der Waals surface area (Å²) in [7, 11) is 0. The summed E-state index contributed by atoms with van der Waals surface area (Å²) in [6.07, 6.45) is 0. The van der Waals surface area contributed by atoms with Crippen LogP contribution in [0.25, 0.3) is 4.96 Å². The van der Waals surface area contributed by atoms with Gasteiger partial charge in [-0.05, 0) is 36.4 Å². The second-order valence-corrected chi connectivity index (χ2v) is 10.4. The predicted molar refractivity (Wildman–Crippen MR) is 130 cm³/mol. The van der Waals surface area contributed by atoms with Gasteiger partial charge in [-0.2, -0.15) is 4.52 Å². The number of hydrogen-bond acceptors (Lipinski definition) is 8. The van der Waals surface area contributed by atoms with E-state index in [1.54, 1.807) is 0 Å². The van der Waals surface area contributed by atoms with E-state index in [0.717, 1.165) is 17.8 Å². The lowest BCUT2D eigenvalue weighted by Gasteiger charge is -2.05. The van der Waals surface area contributed by atoms with Crippen molar-refractivity contribution < 1.29 is 18.4 Å². The fourth-order valence-electron chi connectivity index (χ4n) is 2.53.